The molecule has 0 aliphatic carbocycles. The van der Waals surface area contributed by atoms with Crippen molar-refractivity contribution in [3.63, 3.8) is 0 Å². The number of nitrogens with one attached hydrogen (secondary N) is 1. The number of hydrogen-bond donors (Lipinski definition) is 1. The molecule has 20 heavy (non-hydrogen) atoms. The van der Waals surface area contributed by atoms with Gasteiger partial charge < -0.3 is 10.1 Å². The zero-order valence-corrected chi connectivity index (χ0v) is 12.8. The fourth-order valence-electron chi connectivity index (χ4n) is 1.42. The molecule has 6 heteroatoms. The van der Waals surface area contributed by atoms with Crippen LogP contribution in [0.5, 0.6) is 0 Å². The Labute approximate surface area is 123 Å². The number of ether oxygens (including phenoxy) is 1. The maximum Gasteiger partial charge on any atom is 0.340 e. The second-order valence-corrected chi connectivity index (χ2v) is 5.21. The number of thioether (sulfide) groups is 1. The van der Waals surface area contributed by atoms with E-state index in [9.17, 15) is 9.59 Å². The monoisotopic (exact) mass is 296 g/mol. The lowest BCUT2D eigenvalue weighted by atomic mass is 10.3. The summed E-state index contributed by atoms with van der Waals surface area (Å²) in [5.74, 6) is -0.247. The van der Waals surface area contributed by atoms with Crippen molar-refractivity contribution < 1.29 is 14.3 Å². The van der Waals surface area contributed by atoms with Gasteiger partial charge in [-0.2, -0.15) is 0 Å². The van der Waals surface area contributed by atoms with Gasteiger partial charge in [-0.25, -0.2) is 9.78 Å². The van der Waals surface area contributed by atoms with Crippen LogP contribution in [0.15, 0.2) is 23.4 Å². The van der Waals surface area contributed by atoms with E-state index in [1.807, 2.05) is 13.8 Å². The zero-order chi connectivity index (χ0) is 15.0. The molecule has 0 bridgehead atoms. The molecule has 1 atom stereocenters. The normalized spacial score (nSPS) is 11.8. The molecule has 1 N–H and O–H groups in total. The summed E-state index contributed by atoms with van der Waals surface area (Å²) in [7, 11) is 0. The van der Waals surface area contributed by atoms with Crippen LogP contribution in [0.4, 0.5) is 0 Å². The highest BCUT2D eigenvalue weighted by molar-refractivity contribution is 8.00. The first-order valence-corrected chi connectivity index (χ1v) is 7.61. The van der Waals surface area contributed by atoms with E-state index >= 15 is 0 Å². The van der Waals surface area contributed by atoms with E-state index in [1.54, 1.807) is 25.3 Å². The first kappa shape index (κ1) is 16.5. The molecular weight excluding hydrogens is 276 g/mol. The summed E-state index contributed by atoms with van der Waals surface area (Å²) in [4.78, 5) is 27.6. The smallest absolute Gasteiger partial charge is 0.340 e. The van der Waals surface area contributed by atoms with E-state index in [4.69, 9.17) is 4.74 Å². The molecule has 1 heterocycles. The quantitative estimate of drug-likeness (QED) is 0.617. The molecule has 0 saturated heterocycles. The second-order valence-electron chi connectivity index (χ2n) is 4.24. The molecule has 0 radical (unpaired) electrons. The molecule has 1 aromatic heterocycles. The third-order valence-electron chi connectivity index (χ3n) is 2.63. The predicted octanol–water partition coefficient (Wildman–Crippen LogP) is 2.27. The number of rotatable bonds is 7. The Bertz CT molecular complexity index is 465. The van der Waals surface area contributed by atoms with Crippen molar-refractivity contribution in [1.29, 1.82) is 0 Å². The number of carbonyl (C=O) groups is 2. The van der Waals surface area contributed by atoms with Crippen LogP contribution in [0.3, 0.4) is 0 Å². The SMILES string of the molecule is CCOC(=O)c1cccnc1SCC(=O)N[C@@H](C)CC. The van der Waals surface area contributed by atoms with Gasteiger partial charge in [0, 0.05) is 12.2 Å². The van der Waals surface area contributed by atoms with Crippen LogP contribution in [0.2, 0.25) is 0 Å². The Morgan fingerprint density at radius 2 is 2.20 bits per heavy atom. The number of amides is 1. The van der Waals surface area contributed by atoms with E-state index in [0.717, 1.165) is 6.42 Å². The number of hydrogen-bond acceptors (Lipinski definition) is 5. The molecule has 0 saturated carbocycles. The molecule has 1 rings (SSSR count). The Morgan fingerprint density at radius 3 is 2.85 bits per heavy atom. The maximum absolute atomic E-state index is 11.8. The van der Waals surface area contributed by atoms with E-state index in [-0.39, 0.29) is 17.7 Å². The van der Waals surface area contributed by atoms with Crippen LogP contribution in [-0.2, 0) is 9.53 Å². The van der Waals surface area contributed by atoms with Crippen molar-refractivity contribution in [1.82, 2.24) is 10.3 Å². The Kier molecular flexibility index (Phi) is 7.08. The van der Waals surface area contributed by atoms with Crippen molar-refractivity contribution in [3.05, 3.63) is 23.9 Å². The molecule has 0 aromatic carbocycles. The second kappa shape index (κ2) is 8.58. The minimum absolute atomic E-state index is 0.0650. The van der Waals surface area contributed by atoms with Crippen LogP contribution in [0.25, 0.3) is 0 Å². The zero-order valence-electron chi connectivity index (χ0n) is 12.0. The highest BCUT2D eigenvalue weighted by Gasteiger charge is 2.15. The maximum atomic E-state index is 11.8. The molecular formula is C14H20N2O3S. The highest BCUT2D eigenvalue weighted by Crippen LogP contribution is 2.20. The summed E-state index contributed by atoms with van der Waals surface area (Å²) >= 11 is 1.24. The first-order valence-electron chi connectivity index (χ1n) is 6.62. The van der Waals surface area contributed by atoms with Crippen LogP contribution >= 0.6 is 11.8 Å². The van der Waals surface area contributed by atoms with E-state index < -0.39 is 5.97 Å². The van der Waals surface area contributed by atoms with Crippen LogP contribution in [-0.4, -0.2) is 35.3 Å². The van der Waals surface area contributed by atoms with Crippen molar-refractivity contribution in [2.45, 2.75) is 38.3 Å². The van der Waals surface area contributed by atoms with Crippen LogP contribution in [0.1, 0.15) is 37.6 Å². The van der Waals surface area contributed by atoms with Crippen molar-refractivity contribution in [2.75, 3.05) is 12.4 Å². The highest BCUT2D eigenvalue weighted by atomic mass is 32.2. The van der Waals surface area contributed by atoms with Gasteiger partial charge in [0.15, 0.2) is 0 Å². The van der Waals surface area contributed by atoms with Crippen molar-refractivity contribution >= 4 is 23.6 Å². The summed E-state index contributed by atoms with van der Waals surface area (Å²) in [6.07, 6.45) is 2.48. The summed E-state index contributed by atoms with van der Waals surface area (Å²) in [6.45, 7) is 6.02. The molecule has 0 aliphatic heterocycles. The lowest BCUT2D eigenvalue weighted by Gasteiger charge is -2.11. The fourth-order valence-corrected chi connectivity index (χ4v) is 2.22. The number of esters is 1. The molecule has 0 aliphatic rings. The standard InChI is InChI=1S/C14H20N2O3S/c1-4-10(3)16-12(17)9-20-13-11(7-6-8-15-13)14(18)19-5-2/h6-8,10H,4-5,9H2,1-3H3,(H,16,17)/t10-/m0/s1. The number of nitrogens with zero attached hydrogens (tertiary/aromatic N) is 1. The Balaban J connectivity index is 2.64. The Morgan fingerprint density at radius 1 is 1.45 bits per heavy atom. The van der Waals surface area contributed by atoms with E-state index in [0.29, 0.717) is 17.2 Å². The number of pyridine rings is 1. The minimum Gasteiger partial charge on any atom is -0.462 e. The lowest BCUT2D eigenvalue weighted by Crippen LogP contribution is -2.33. The molecule has 0 spiro atoms. The van der Waals surface area contributed by atoms with Gasteiger partial charge in [0.2, 0.25) is 5.91 Å². The third kappa shape index (κ3) is 5.21. The average Bonchev–Trinajstić information content (AvgIpc) is 2.45. The molecule has 1 aromatic rings. The summed E-state index contributed by atoms with van der Waals surface area (Å²) < 4.78 is 4.96. The first-order chi connectivity index (χ1) is 9.58. The number of aromatic nitrogens is 1. The predicted molar refractivity (Wildman–Crippen MR) is 78.8 cm³/mol. The summed E-state index contributed by atoms with van der Waals surface area (Å²) in [5.41, 5.74) is 0.399. The van der Waals surface area contributed by atoms with Gasteiger partial charge in [-0.05, 0) is 32.4 Å². The van der Waals surface area contributed by atoms with Crippen LogP contribution < -0.4 is 5.32 Å². The Hall–Kier alpha value is -1.56. The largest absolute Gasteiger partial charge is 0.462 e. The van der Waals surface area contributed by atoms with Gasteiger partial charge >= 0.3 is 5.97 Å². The van der Waals surface area contributed by atoms with Crippen LogP contribution in [0, 0.1) is 0 Å². The average molecular weight is 296 g/mol. The van der Waals surface area contributed by atoms with Gasteiger partial charge in [0.05, 0.1) is 17.9 Å². The molecule has 1 amide bonds. The van der Waals surface area contributed by atoms with Crippen molar-refractivity contribution in [3.8, 4) is 0 Å². The van der Waals surface area contributed by atoms with Crippen molar-refractivity contribution in [2.24, 2.45) is 0 Å². The summed E-state index contributed by atoms with van der Waals surface area (Å²) in [5, 5.41) is 3.39. The fraction of sp³-hybridized carbons (Fsp3) is 0.500. The third-order valence-corrected chi connectivity index (χ3v) is 3.63. The minimum atomic E-state index is -0.412. The number of carbonyl (C=O) groups excluding carboxylic acids is 2. The molecule has 5 nitrogen and oxygen atoms in total. The van der Waals surface area contributed by atoms with Gasteiger partial charge in [-0.15, -0.1) is 0 Å². The molecule has 110 valence electrons. The van der Waals surface area contributed by atoms with E-state index in [1.165, 1.54) is 11.8 Å². The van der Waals surface area contributed by atoms with E-state index in [2.05, 4.69) is 10.3 Å². The lowest BCUT2D eigenvalue weighted by molar-refractivity contribution is -0.119. The summed E-state index contributed by atoms with van der Waals surface area (Å²) in [6, 6.07) is 3.48. The molecule has 0 unspecified atom stereocenters. The van der Waals surface area contributed by atoms with Gasteiger partial charge in [0.1, 0.15) is 5.03 Å². The molecule has 0 fully saturated rings. The van der Waals surface area contributed by atoms with Gasteiger partial charge in [-0.3, -0.25) is 4.79 Å². The topological polar surface area (TPSA) is 68.3 Å². The van der Waals surface area contributed by atoms with Gasteiger partial charge in [-0.1, -0.05) is 18.7 Å². The van der Waals surface area contributed by atoms with Gasteiger partial charge in [0.25, 0.3) is 0 Å².